The first-order valence-corrected chi connectivity index (χ1v) is 9.76. The Labute approximate surface area is 153 Å². The zero-order chi connectivity index (χ0) is 19.3. The molecule has 0 saturated heterocycles. The topological polar surface area (TPSA) is 99.9 Å². The summed E-state index contributed by atoms with van der Waals surface area (Å²) in [5.41, 5.74) is 0.877. The summed E-state index contributed by atoms with van der Waals surface area (Å²) in [5, 5.41) is 9.25. The fourth-order valence-electron chi connectivity index (χ4n) is 2.84. The number of benzene rings is 1. The van der Waals surface area contributed by atoms with Crippen molar-refractivity contribution in [2.75, 3.05) is 20.1 Å². The zero-order valence-corrected chi connectivity index (χ0v) is 16.0. The number of carboxylic acids is 1. The number of aromatic carboxylic acids is 1. The van der Waals surface area contributed by atoms with Gasteiger partial charge in [0, 0.05) is 13.1 Å². The van der Waals surface area contributed by atoms with E-state index in [2.05, 4.69) is 9.62 Å². The fourth-order valence-corrected chi connectivity index (χ4v) is 4.31. The number of carbonyl (C=O) groups is 1. The normalized spacial score (nSPS) is 11.8. The number of aryl methyl sites for hydroxylation is 2. The number of sulfonamides is 1. The summed E-state index contributed by atoms with van der Waals surface area (Å²) >= 11 is 0. The second-order valence-electron chi connectivity index (χ2n) is 6.20. The second kappa shape index (κ2) is 8.48. The number of nitrogens with one attached hydrogen (secondary N) is 1. The lowest BCUT2D eigenvalue weighted by molar-refractivity contribution is 0.0691. The van der Waals surface area contributed by atoms with Crippen LogP contribution in [0.15, 0.2) is 39.6 Å². The van der Waals surface area contributed by atoms with Crippen molar-refractivity contribution >= 4 is 16.0 Å². The van der Waals surface area contributed by atoms with Crippen LogP contribution in [0, 0.1) is 13.8 Å². The highest BCUT2D eigenvalue weighted by molar-refractivity contribution is 7.89. The van der Waals surface area contributed by atoms with E-state index in [1.165, 1.54) is 19.4 Å². The minimum absolute atomic E-state index is 0.0774. The Balaban J connectivity index is 1.92. The third kappa shape index (κ3) is 4.94. The maximum absolute atomic E-state index is 12.5. The molecule has 0 spiro atoms. The molecule has 7 nitrogen and oxygen atoms in total. The second-order valence-corrected chi connectivity index (χ2v) is 7.90. The monoisotopic (exact) mass is 380 g/mol. The molecule has 0 aliphatic heterocycles. The third-order valence-corrected chi connectivity index (χ3v) is 5.60. The molecule has 1 aromatic heterocycles. The largest absolute Gasteiger partial charge is 0.478 e. The van der Waals surface area contributed by atoms with Crippen LogP contribution in [-0.2, 0) is 16.6 Å². The molecule has 2 N–H and O–H groups in total. The van der Waals surface area contributed by atoms with Gasteiger partial charge in [-0.2, -0.15) is 0 Å². The minimum Gasteiger partial charge on any atom is -0.478 e. The molecule has 0 amide bonds. The first-order valence-electron chi connectivity index (χ1n) is 8.28. The van der Waals surface area contributed by atoms with Crippen molar-refractivity contribution < 1.29 is 22.7 Å². The summed E-state index contributed by atoms with van der Waals surface area (Å²) in [6, 6.07) is 10.00. The van der Waals surface area contributed by atoms with Gasteiger partial charge in [0.1, 0.15) is 22.0 Å². The van der Waals surface area contributed by atoms with Gasteiger partial charge in [0.25, 0.3) is 0 Å². The lowest BCUT2D eigenvalue weighted by Gasteiger charge is -2.16. The van der Waals surface area contributed by atoms with E-state index < -0.39 is 16.0 Å². The first kappa shape index (κ1) is 20.2. The molecule has 0 bridgehead atoms. The Hall–Kier alpha value is -2.16. The van der Waals surface area contributed by atoms with Crippen molar-refractivity contribution in [1.29, 1.82) is 0 Å². The van der Waals surface area contributed by atoms with Gasteiger partial charge < -0.3 is 14.4 Å². The Bertz CT molecular complexity index is 859. The molecule has 142 valence electrons. The number of hydrogen-bond acceptors (Lipinski definition) is 5. The summed E-state index contributed by atoms with van der Waals surface area (Å²) in [7, 11) is -1.98. The molecule has 0 aliphatic rings. The van der Waals surface area contributed by atoms with Crippen LogP contribution < -0.4 is 4.72 Å². The van der Waals surface area contributed by atoms with E-state index in [4.69, 9.17) is 4.42 Å². The molecular weight excluding hydrogens is 356 g/mol. The molecule has 2 aromatic rings. The van der Waals surface area contributed by atoms with E-state index in [1.54, 1.807) is 0 Å². The van der Waals surface area contributed by atoms with Crippen LogP contribution in [0.4, 0.5) is 0 Å². The van der Waals surface area contributed by atoms with E-state index in [9.17, 15) is 18.3 Å². The maximum Gasteiger partial charge on any atom is 0.340 e. The Morgan fingerprint density at radius 2 is 1.85 bits per heavy atom. The van der Waals surface area contributed by atoms with Gasteiger partial charge in [0.2, 0.25) is 10.0 Å². The summed E-state index contributed by atoms with van der Waals surface area (Å²) < 4.78 is 32.6. The van der Waals surface area contributed by atoms with Gasteiger partial charge in [-0.1, -0.05) is 30.3 Å². The number of hydrogen-bond donors (Lipinski definition) is 2. The van der Waals surface area contributed by atoms with Gasteiger partial charge in [0.05, 0.1) is 0 Å². The van der Waals surface area contributed by atoms with Crippen LogP contribution >= 0.6 is 0 Å². The minimum atomic E-state index is -3.95. The molecule has 1 heterocycles. The number of nitrogens with zero attached hydrogens (tertiary/aromatic N) is 1. The third-order valence-electron chi connectivity index (χ3n) is 3.99. The molecule has 2 rings (SSSR count). The molecule has 0 aliphatic carbocycles. The predicted molar refractivity (Wildman–Crippen MR) is 97.7 cm³/mol. The van der Waals surface area contributed by atoms with Crippen molar-refractivity contribution in [2.45, 2.75) is 31.7 Å². The van der Waals surface area contributed by atoms with Crippen LogP contribution in [0.1, 0.15) is 33.9 Å². The molecule has 26 heavy (non-hydrogen) atoms. The molecule has 0 atom stereocenters. The van der Waals surface area contributed by atoms with Crippen LogP contribution in [0.5, 0.6) is 0 Å². The van der Waals surface area contributed by atoms with Crippen LogP contribution in [0.3, 0.4) is 0 Å². The zero-order valence-electron chi connectivity index (χ0n) is 15.2. The average molecular weight is 380 g/mol. The summed E-state index contributed by atoms with van der Waals surface area (Å²) in [6.45, 7) is 4.57. The van der Waals surface area contributed by atoms with E-state index in [1.807, 2.05) is 37.4 Å². The van der Waals surface area contributed by atoms with Crippen molar-refractivity contribution in [3.05, 3.63) is 53.0 Å². The Morgan fingerprint density at radius 3 is 2.46 bits per heavy atom. The molecular formula is C18H24N2O5S. The van der Waals surface area contributed by atoms with Gasteiger partial charge in [-0.15, -0.1) is 0 Å². The molecule has 1 aromatic carbocycles. The van der Waals surface area contributed by atoms with Crippen molar-refractivity contribution in [2.24, 2.45) is 0 Å². The predicted octanol–water partition coefficient (Wildman–Crippen LogP) is 2.40. The maximum atomic E-state index is 12.5. The average Bonchev–Trinajstić information content (AvgIpc) is 2.88. The van der Waals surface area contributed by atoms with Gasteiger partial charge in [-0.3, -0.25) is 0 Å². The number of rotatable bonds is 9. The van der Waals surface area contributed by atoms with E-state index >= 15 is 0 Å². The van der Waals surface area contributed by atoms with Crippen molar-refractivity contribution in [3.8, 4) is 0 Å². The van der Waals surface area contributed by atoms with E-state index in [0.29, 0.717) is 13.0 Å². The molecule has 0 saturated carbocycles. The van der Waals surface area contributed by atoms with Crippen LogP contribution in [-0.4, -0.2) is 44.5 Å². The summed E-state index contributed by atoms with van der Waals surface area (Å²) in [5.74, 6) is -1.16. The molecule has 0 unspecified atom stereocenters. The van der Waals surface area contributed by atoms with Gasteiger partial charge in [-0.05, 0) is 39.4 Å². The first-order chi connectivity index (χ1) is 12.2. The van der Waals surface area contributed by atoms with Crippen molar-refractivity contribution in [3.63, 3.8) is 0 Å². The number of furan rings is 1. The van der Waals surface area contributed by atoms with Gasteiger partial charge >= 0.3 is 5.97 Å². The van der Waals surface area contributed by atoms with E-state index in [0.717, 1.165) is 6.54 Å². The van der Waals surface area contributed by atoms with E-state index in [-0.39, 0.29) is 28.5 Å². The molecule has 8 heteroatoms. The molecule has 0 radical (unpaired) electrons. The smallest absolute Gasteiger partial charge is 0.340 e. The highest BCUT2D eigenvalue weighted by Crippen LogP contribution is 2.26. The summed E-state index contributed by atoms with van der Waals surface area (Å²) in [6.07, 6.45) is 0.598. The van der Waals surface area contributed by atoms with Crippen LogP contribution in [0.25, 0.3) is 0 Å². The quantitative estimate of drug-likeness (QED) is 0.648. The highest BCUT2D eigenvalue weighted by atomic mass is 32.2. The lowest BCUT2D eigenvalue weighted by Crippen LogP contribution is -2.29. The SMILES string of the molecule is Cc1oc(C)c(S(=O)(=O)NCCCN(C)Cc2ccccc2)c1C(=O)O. The Morgan fingerprint density at radius 1 is 1.19 bits per heavy atom. The van der Waals surface area contributed by atoms with Crippen LogP contribution in [0.2, 0.25) is 0 Å². The standard InChI is InChI=1S/C18H24N2O5S/c1-13-16(18(21)22)17(14(2)25-13)26(23,24)19-10-7-11-20(3)12-15-8-5-4-6-9-15/h4-6,8-9,19H,7,10-12H2,1-3H3,(H,21,22). The molecule has 0 fully saturated rings. The van der Waals surface area contributed by atoms with Crippen molar-refractivity contribution in [1.82, 2.24) is 9.62 Å². The Kier molecular flexibility index (Phi) is 6.57. The summed E-state index contributed by atoms with van der Waals surface area (Å²) in [4.78, 5) is 13.1. The number of carboxylic acid groups (broad SMARTS) is 1. The fraction of sp³-hybridized carbons (Fsp3) is 0.389. The van der Waals surface area contributed by atoms with Gasteiger partial charge in [-0.25, -0.2) is 17.9 Å². The highest BCUT2D eigenvalue weighted by Gasteiger charge is 2.30. The van der Waals surface area contributed by atoms with Gasteiger partial charge in [0.15, 0.2) is 0 Å². The lowest BCUT2D eigenvalue weighted by atomic mass is 10.2.